The number of amides is 1. The number of aromatic nitrogens is 5. The van der Waals surface area contributed by atoms with E-state index < -0.39 is 0 Å². The van der Waals surface area contributed by atoms with Gasteiger partial charge in [0.05, 0.1) is 16.6 Å². The lowest BCUT2D eigenvalue weighted by Crippen LogP contribution is -2.14. The Balaban J connectivity index is 1.18. The highest BCUT2D eigenvalue weighted by Crippen LogP contribution is 2.28. The number of carbonyl (C=O) groups excluding carboxylic acids is 1. The van der Waals surface area contributed by atoms with Gasteiger partial charge in [0.25, 0.3) is 0 Å². The summed E-state index contributed by atoms with van der Waals surface area (Å²) in [6, 6.07) is 25.3. The highest BCUT2D eigenvalue weighted by atomic mass is 16.5. The van der Waals surface area contributed by atoms with Crippen LogP contribution in [-0.4, -0.2) is 30.4 Å². The van der Waals surface area contributed by atoms with Gasteiger partial charge in [-0.15, -0.1) is 0 Å². The van der Waals surface area contributed by atoms with E-state index in [9.17, 15) is 4.79 Å². The predicted molar refractivity (Wildman–Crippen MR) is 144 cm³/mol. The van der Waals surface area contributed by atoms with E-state index in [1.54, 1.807) is 24.3 Å². The number of rotatable bonds is 6. The third kappa shape index (κ3) is 4.56. The summed E-state index contributed by atoms with van der Waals surface area (Å²) in [6.07, 6.45) is 0.289. The Hall–Kier alpha value is -4.85. The number of hydrogen-bond donors (Lipinski definition) is 1. The minimum atomic E-state index is -0.0917. The molecule has 6 aromatic rings. The normalized spacial score (nSPS) is 11.3. The molecule has 0 spiro atoms. The van der Waals surface area contributed by atoms with Crippen molar-refractivity contribution in [1.29, 1.82) is 0 Å². The number of para-hydroxylation sites is 3. The maximum absolute atomic E-state index is 12.8. The molecule has 37 heavy (non-hydrogen) atoms. The molecule has 3 aromatic carbocycles. The topological polar surface area (TPSA) is 94.8 Å². The van der Waals surface area contributed by atoms with Gasteiger partial charge < -0.3 is 14.6 Å². The van der Waals surface area contributed by atoms with Crippen LogP contribution in [0, 0.1) is 13.8 Å². The SMILES string of the molecule is Cc1cc(C)nc(Oc2ccc(NC(=O)CCn3c4ccccc4c4nc5ccccc5nc43)cc2)n1. The third-order valence-corrected chi connectivity index (χ3v) is 6.13. The average Bonchev–Trinajstić information content (AvgIpc) is 3.19. The summed E-state index contributed by atoms with van der Waals surface area (Å²) in [5, 5.41) is 3.99. The van der Waals surface area contributed by atoms with E-state index in [-0.39, 0.29) is 12.3 Å². The molecule has 182 valence electrons. The van der Waals surface area contributed by atoms with E-state index in [4.69, 9.17) is 14.7 Å². The zero-order valence-corrected chi connectivity index (χ0v) is 20.5. The van der Waals surface area contributed by atoms with Crippen molar-refractivity contribution in [3.63, 3.8) is 0 Å². The molecule has 1 N–H and O–H groups in total. The van der Waals surface area contributed by atoms with Crippen LogP contribution < -0.4 is 10.1 Å². The average molecular weight is 489 g/mol. The fourth-order valence-electron chi connectivity index (χ4n) is 4.50. The standard InChI is InChI=1S/C29H24N6O2/c1-18-17-19(2)31-29(30-18)37-21-13-11-20(12-14-21)32-26(36)15-16-35-25-10-6-3-7-22(25)27-28(35)34-24-9-5-4-8-23(24)33-27/h3-14,17H,15-16H2,1-2H3,(H,32,36). The second-order valence-corrected chi connectivity index (χ2v) is 8.91. The van der Waals surface area contributed by atoms with Gasteiger partial charge >= 0.3 is 6.01 Å². The summed E-state index contributed by atoms with van der Waals surface area (Å²) in [5.74, 6) is 0.505. The fraction of sp³-hybridized carbons (Fsp3) is 0.138. The minimum absolute atomic E-state index is 0.0917. The number of carbonyl (C=O) groups is 1. The summed E-state index contributed by atoms with van der Waals surface area (Å²) >= 11 is 0. The van der Waals surface area contributed by atoms with Gasteiger partial charge in [0.2, 0.25) is 5.91 Å². The number of nitrogens with one attached hydrogen (secondary N) is 1. The zero-order chi connectivity index (χ0) is 25.4. The Morgan fingerprint density at radius 3 is 2.27 bits per heavy atom. The molecule has 0 aliphatic heterocycles. The molecule has 0 bridgehead atoms. The number of aryl methyl sites for hydroxylation is 3. The molecule has 0 radical (unpaired) electrons. The van der Waals surface area contributed by atoms with E-state index in [0.717, 1.165) is 44.5 Å². The van der Waals surface area contributed by atoms with Crippen LogP contribution in [0.2, 0.25) is 0 Å². The Labute approximate surface area is 213 Å². The summed E-state index contributed by atoms with van der Waals surface area (Å²) < 4.78 is 7.83. The largest absolute Gasteiger partial charge is 0.424 e. The predicted octanol–water partition coefficient (Wildman–Crippen LogP) is 5.97. The summed E-state index contributed by atoms with van der Waals surface area (Å²) in [5.41, 5.74) is 6.69. The van der Waals surface area contributed by atoms with Crippen molar-refractivity contribution in [2.24, 2.45) is 0 Å². The smallest absolute Gasteiger partial charge is 0.322 e. The summed E-state index contributed by atoms with van der Waals surface area (Å²) in [7, 11) is 0. The lowest BCUT2D eigenvalue weighted by molar-refractivity contribution is -0.116. The molecular formula is C29H24N6O2. The molecule has 0 saturated carbocycles. The highest BCUT2D eigenvalue weighted by molar-refractivity contribution is 6.06. The minimum Gasteiger partial charge on any atom is -0.424 e. The summed E-state index contributed by atoms with van der Waals surface area (Å²) in [4.78, 5) is 31.2. The molecule has 8 nitrogen and oxygen atoms in total. The van der Waals surface area contributed by atoms with E-state index in [1.165, 1.54) is 0 Å². The molecule has 3 heterocycles. The Kier molecular flexibility index (Phi) is 5.69. The Bertz CT molecular complexity index is 1760. The van der Waals surface area contributed by atoms with Gasteiger partial charge in [-0.3, -0.25) is 4.79 Å². The van der Waals surface area contributed by atoms with Crippen molar-refractivity contribution in [3.05, 3.63) is 90.3 Å². The van der Waals surface area contributed by atoms with Gasteiger partial charge in [0.1, 0.15) is 11.3 Å². The Morgan fingerprint density at radius 1 is 0.838 bits per heavy atom. The van der Waals surface area contributed by atoms with E-state index >= 15 is 0 Å². The quantitative estimate of drug-likeness (QED) is 0.311. The van der Waals surface area contributed by atoms with Gasteiger partial charge in [-0.05, 0) is 62.4 Å². The van der Waals surface area contributed by atoms with Crippen LogP contribution in [0.1, 0.15) is 17.8 Å². The number of benzene rings is 3. The van der Waals surface area contributed by atoms with Crippen LogP contribution in [-0.2, 0) is 11.3 Å². The first-order chi connectivity index (χ1) is 18.0. The maximum Gasteiger partial charge on any atom is 0.322 e. The lowest BCUT2D eigenvalue weighted by Gasteiger charge is -2.09. The molecule has 0 aliphatic rings. The van der Waals surface area contributed by atoms with Gasteiger partial charge in [-0.2, -0.15) is 0 Å². The number of hydrogen-bond acceptors (Lipinski definition) is 6. The molecular weight excluding hydrogens is 464 g/mol. The zero-order valence-electron chi connectivity index (χ0n) is 20.5. The maximum atomic E-state index is 12.8. The van der Waals surface area contributed by atoms with Crippen LogP contribution in [0.25, 0.3) is 33.1 Å². The van der Waals surface area contributed by atoms with E-state index in [1.807, 2.05) is 68.4 Å². The van der Waals surface area contributed by atoms with E-state index in [0.29, 0.717) is 24.0 Å². The van der Waals surface area contributed by atoms with Crippen LogP contribution in [0.15, 0.2) is 78.9 Å². The first kappa shape index (κ1) is 22.6. The van der Waals surface area contributed by atoms with Crippen LogP contribution in [0.4, 0.5) is 5.69 Å². The van der Waals surface area contributed by atoms with Crippen LogP contribution in [0.5, 0.6) is 11.8 Å². The molecule has 8 heteroatoms. The highest BCUT2D eigenvalue weighted by Gasteiger charge is 2.15. The molecule has 0 unspecified atom stereocenters. The van der Waals surface area contributed by atoms with Gasteiger partial charge in [0, 0.05) is 35.4 Å². The van der Waals surface area contributed by atoms with Crippen LogP contribution >= 0.6 is 0 Å². The third-order valence-electron chi connectivity index (χ3n) is 6.13. The van der Waals surface area contributed by atoms with Crippen molar-refractivity contribution in [2.45, 2.75) is 26.8 Å². The van der Waals surface area contributed by atoms with Gasteiger partial charge in [0.15, 0.2) is 5.65 Å². The molecule has 6 rings (SSSR count). The van der Waals surface area contributed by atoms with Crippen molar-refractivity contribution < 1.29 is 9.53 Å². The number of nitrogens with zero attached hydrogens (tertiary/aromatic N) is 5. The summed E-state index contributed by atoms with van der Waals surface area (Å²) in [6.45, 7) is 4.27. The molecule has 0 saturated heterocycles. The van der Waals surface area contributed by atoms with Gasteiger partial charge in [-0.1, -0.05) is 30.3 Å². The monoisotopic (exact) mass is 488 g/mol. The fourth-order valence-corrected chi connectivity index (χ4v) is 4.50. The molecule has 3 aromatic heterocycles. The second kappa shape index (κ2) is 9.31. The number of ether oxygens (including phenoxy) is 1. The van der Waals surface area contributed by atoms with Crippen molar-refractivity contribution in [3.8, 4) is 11.8 Å². The lowest BCUT2D eigenvalue weighted by atomic mass is 10.2. The van der Waals surface area contributed by atoms with Crippen molar-refractivity contribution in [1.82, 2.24) is 24.5 Å². The first-order valence-electron chi connectivity index (χ1n) is 12.1. The molecule has 0 fully saturated rings. The molecule has 0 atom stereocenters. The number of anilines is 1. The van der Waals surface area contributed by atoms with E-state index in [2.05, 4.69) is 19.9 Å². The molecule has 0 aliphatic carbocycles. The van der Waals surface area contributed by atoms with Crippen molar-refractivity contribution in [2.75, 3.05) is 5.32 Å². The van der Waals surface area contributed by atoms with Crippen molar-refractivity contribution >= 4 is 44.7 Å². The van der Waals surface area contributed by atoms with Gasteiger partial charge in [-0.25, -0.2) is 19.9 Å². The molecule has 1 amide bonds. The Morgan fingerprint density at radius 2 is 1.51 bits per heavy atom. The van der Waals surface area contributed by atoms with Crippen LogP contribution in [0.3, 0.4) is 0 Å². The number of fused-ring (bicyclic) bond motifs is 4. The second-order valence-electron chi connectivity index (χ2n) is 8.91. The first-order valence-corrected chi connectivity index (χ1v) is 12.1.